The third-order valence-corrected chi connectivity index (χ3v) is 4.21. The minimum atomic E-state index is -0.594. The first kappa shape index (κ1) is 21.1. The number of nitrogens with one attached hydrogen (secondary N) is 2. The van der Waals surface area contributed by atoms with Crippen LogP contribution >= 0.6 is 39.7 Å². The summed E-state index contributed by atoms with van der Waals surface area (Å²) < 4.78 is 6.27. The number of nitro benzene ring substituents is 1. The Morgan fingerprint density at radius 1 is 1.33 bits per heavy atom. The number of hydrogen-bond acceptors (Lipinski definition) is 5. The lowest BCUT2D eigenvalue weighted by molar-refractivity contribution is -0.383. The summed E-state index contributed by atoms with van der Waals surface area (Å²) in [5.41, 5.74) is 0.146. The Hall–Kier alpha value is -2.23. The Bertz CT molecular complexity index is 894. The summed E-state index contributed by atoms with van der Waals surface area (Å²) in [7, 11) is 0. The number of carbonyl (C=O) groups excluding carboxylic acids is 1. The SMILES string of the molecule is CCCOc1ccc(Br)cc1C(=O)NC(=S)Nc1ccc(Cl)cc1[N+](=O)[O-]. The average molecular weight is 473 g/mol. The lowest BCUT2D eigenvalue weighted by Crippen LogP contribution is -2.34. The van der Waals surface area contributed by atoms with Crippen LogP contribution < -0.4 is 15.4 Å². The van der Waals surface area contributed by atoms with Crippen molar-refractivity contribution in [3.05, 3.63) is 61.6 Å². The minimum Gasteiger partial charge on any atom is -0.493 e. The van der Waals surface area contributed by atoms with Gasteiger partial charge in [0.1, 0.15) is 11.4 Å². The largest absolute Gasteiger partial charge is 0.493 e. The maximum absolute atomic E-state index is 12.6. The summed E-state index contributed by atoms with van der Waals surface area (Å²) in [4.78, 5) is 23.1. The molecule has 0 saturated carbocycles. The minimum absolute atomic E-state index is 0.0909. The number of ether oxygens (including phenoxy) is 1. The molecular formula is C17H15BrClN3O4S. The van der Waals surface area contributed by atoms with Crippen molar-refractivity contribution in [2.75, 3.05) is 11.9 Å². The Kier molecular flexibility index (Phi) is 7.52. The van der Waals surface area contributed by atoms with Crippen molar-refractivity contribution in [2.45, 2.75) is 13.3 Å². The van der Waals surface area contributed by atoms with Crippen LogP contribution in [0.25, 0.3) is 0 Å². The van der Waals surface area contributed by atoms with E-state index in [4.69, 9.17) is 28.6 Å². The van der Waals surface area contributed by atoms with Crippen molar-refractivity contribution < 1.29 is 14.5 Å². The normalized spacial score (nSPS) is 10.2. The molecule has 0 heterocycles. The van der Waals surface area contributed by atoms with E-state index >= 15 is 0 Å². The van der Waals surface area contributed by atoms with Crippen molar-refractivity contribution in [2.24, 2.45) is 0 Å². The van der Waals surface area contributed by atoms with Crippen LogP contribution in [-0.2, 0) is 0 Å². The molecule has 0 aliphatic rings. The maximum Gasteiger partial charge on any atom is 0.294 e. The van der Waals surface area contributed by atoms with E-state index in [1.807, 2.05) is 6.92 Å². The van der Waals surface area contributed by atoms with E-state index in [1.54, 1.807) is 18.2 Å². The van der Waals surface area contributed by atoms with Crippen LogP contribution in [0.1, 0.15) is 23.7 Å². The van der Waals surface area contributed by atoms with Crippen molar-refractivity contribution >= 4 is 62.1 Å². The van der Waals surface area contributed by atoms with Gasteiger partial charge in [-0.1, -0.05) is 34.5 Å². The molecule has 0 bridgehead atoms. The number of hydrogen-bond donors (Lipinski definition) is 2. The van der Waals surface area contributed by atoms with Gasteiger partial charge in [-0.25, -0.2) is 0 Å². The topological polar surface area (TPSA) is 93.5 Å². The highest BCUT2D eigenvalue weighted by Crippen LogP contribution is 2.28. The van der Waals surface area contributed by atoms with E-state index in [2.05, 4.69) is 26.6 Å². The predicted octanol–water partition coefficient (Wildman–Crippen LogP) is 4.93. The molecule has 0 unspecified atom stereocenters. The van der Waals surface area contributed by atoms with Crippen molar-refractivity contribution in [1.29, 1.82) is 0 Å². The molecule has 0 aliphatic carbocycles. The molecule has 0 aliphatic heterocycles. The monoisotopic (exact) mass is 471 g/mol. The Morgan fingerprint density at radius 2 is 2.07 bits per heavy atom. The van der Waals surface area contributed by atoms with Crippen LogP contribution in [0.4, 0.5) is 11.4 Å². The molecule has 2 aromatic carbocycles. The van der Waals surface area contributed by atoms with Gasteiger partial charge in [0.05, 0.1) is 17.1 Å². The summed E-state index contributed by atoms with van der Waals surface area (Å²) in [6.07, 6.45) is 0.789. The number of amides is 1. The molecule has 0 aromatic heterocycles. The van der Waals surface area contributed by atoms with E-state index in [1.165, 1.54) is 18.2 Å². The fraction of sp³-hybridized carbons (Fsp3) is 0.176. The molecule has 2 rings (SSSR count). The molecule has 10 heteroatoms. The molecule has 1 amide bonds. The second-order valence-corrected chi connectivity index (χ2v) is 7.08. The van der Waals surface area contributed by atoms with Crippen LogP contribution in [0.3, 0.4) is 0 Å². The second-order valence-electron chi connectivity index (χ2n) is 5.32. The number of halogens is 2. The van der Waals surface area contributed by atoms with Gasteiger partial charge in [0, 0.05) is 15.6 Å². The van der Waals surface area contributed by atoms with Gasteiger partial charge < -0.3 is 10.1 Å². The van der Waals surface area contributed by atoms with Gasteiger partial charge in [-0.2, -0.15) is 0 Å². The highest BCUT2D eigenvalue weighted by Gasteiger charge is 2.18. The lowest BCUT2D eigenvalue weighted by Gasteiger charge is -2.13. The van der Waals surface area contributed by atoms with Gasteiger partial charge in [0.25, 0.3) is 11.6 Å². The lowest BCUT2D eigenvalue weighted by atomic mass is 10.2. The Morgan fingerprint density at radius 3 is 2.74 bits per heavy atom. The van der Waals surface area contributed by atoms with Gasteiger partial charge in [0.15, 0.2) is 5.11 Å². The molecule has 0 fully saturated rings. The highest BCUT2D eigenvalue weighted by atomic mass is 79.9. The fourth-order valence-corrected chi connectivity index (χ4v) is 2.83. The van der Waals surface area contributed by atoms with Crippen LogP contribution in [0, 0.1) is 10.1 Å². The third kappa shape index (κ3) is 5.88. The average Bonchev–Trinajstić information content (AvgIpc) is 2.61. The number of carbonyl (C=O) groups is 1. The zero-order valence-electron chi connectivity index (χ0n) is 14.1. The third-order valence-electron chi connectivity index (χ3n) is 3.28. The van der Waals surface area contributed by atoms with Crippen molar-refractivity contribution in [3.8, 4) is 5.75 Å². The van der Waals surface area contributed by atoms with Crippen LogP contribution in [0.15, 0.2) is 40.9 Å². The molecule has 2 aromatic rings. The van der Waals surface area contributed by atoms with Crippen LogP contribution in [0.5, 0.6) is 5.75 Å². The molecule has 0 atom stereocenters. The number of thiocarbonyl (C=S) groups is 1. The standard InChI is InChI=1S/C17H15BrClN3O4S/c1-2-7-26-15-6-3-10(18)8-12(15)16(23)21-17(27)20-13-5-4-11(19)9-14(13)22(24)25/h3-6,8-9H,2,7H2,1H3,(H2,20,21,23,27). The van der Waals surface area contributed by atoms with E-state index in [0.717, 1.165) is 6.42 Å². The van der Waals surface area contributed by atoms with E-state index in [9.17, 15) is 14.9 Å². The highest BCUT2D eigenvalue weighted by molar-refractivity contribution is 9.10. The number of rotatable bonds is 6. The second kappa shape index (κ2) is 9.63. The van der Waals surface area contributed by atoms with Crippen molar-refractivity contribution in [1.82, 2.24) is 5.32 Å². The number of benzene rings is 2. The van der Waals surface area contributed by atoms with Gasteiger partial charge in [-0.05, 0) is 49.0 Å². The first-order valence-corrected chi connectivity index (χ1v) is 9.38. The van der Waals surface area contributed by atoms with E-state index in [0.29, 0.717) is 16.8 Å². The molecule has 0 spiro atoms. The molecular weight excluding hydrogens is 458 g/mol. The van der Waals surface area contributed by atoms with Gasteiger partial charge in [-0.15, -0.1) is 0 Å². The maximum atomic E-state index is 12.6. The number of nitrogens with zero attached hydrogens (tertiary/aromatic N) is 1. The molecule has 142 valence electrons. The predicted molar refractivity (Wildman–Crippen MR) is 112 cm³/mol. The molecule has 7 nitrogen and oxygen atoms in total. The molecule has 27 heavy (non-hydrogen) atoms. The van der Waals surface area contributed by atoms with Gasteiger partial charge >= 0.3 is 0 Å². The fourth-order valence-electron chi connectivity index (χ4n) is 2.10. The molecule has 0 radical (unpaired) electrons. The first-order valence-electron chi connectivity index (χ1n) is 7.80. The van der Waals surface area contributed by atoms with Gasteiger partial charge in [0.2, 0.25) is 0 Å². The Balaban J connectivity index is 2.16. The van der Waals surface area contributed by atoms with E-state index in [-0.39, 0.29) is 27.1 Å². The van der Waals surface area contributed by atoms with Crippen LogP contribution in [-0.4, -0.2) is 22.5 Å². The van der Waals surface area contributed by atoms with E-state index < -0.39 is 10.8 Å². The molecule has 0 saturated heterocycles. The van der Waals surface area contributed by atoms with Gasteiger partial charge in [-0.3, -0.25) is 20.2 Å². The smallest absolute Gasteiger partial charge is 0.294 e. The first-order chi connectivity index (χ1) is 12.8. The number of anilines is 1. The van der Waals surface area contributed by atoms with Crippen molar-refractivity contribution in [3.63, 3.8) is 0 Å². The number of nitro groups is 1. The summed E-state index contributed by atoms with van der Waals surface area (Å²) in [5.74, 6) is -0.0886. The molecule has 2 N–H and O–H groups in total. The summed E-state index contributed by atoms with van der Waals surface area (Å²) >= 11 is 14.2. The summed E-state index contributed by atoms with van der Waals surface area (Å²) in [6, 6.07) is 9.12. The Labute approximate surface area is 174 Å². The van der Waals surface area contributed by atoms with Crippen LogP contribution in [0.2, 0.25) is 5.02 Å². The summed E-state index contributed by atoms with van der Waals surface area (Å²) in [6.45, 7) is 2.41. The zero-order chi connectivity index (χ0) is 20.0. The quantitative estimate of drug-likeness (QED) is 0.352. The zero-order valence-corrected chi connectivity index (χ0v) is 17.3. The summed E-state index contributed by atoms with van der Waals surface area (Å²) in [5, 5.41) is 16.4.